The number of halogens is 1. The molecule has 18 heavy (non-hydrogen) atoms. The van der Waals surface area contributed by atoms with Gasteiger partial charge in [0.2, 0.25) is 5.76 Å². The summed E-state index contributed by atoms with van der Waals surface area (Å²) in [6, 6.07) is 9.91. The minimum Gasteiger partial charge on any atom is -0.475 e. The van der Waals surface area contributed by atoms with E-state index < -0.39 is 5.97 Å². The Labute approximate surface area is 111 Å². The van der Waals surface area contributed by atoms with Gasteiger partial charge in [0.1, 0.15) is 0 Å². The fraction of sp³-hybridized carbons (Fsp3) is 0. The number of nitriles is 1. The number of rotatable bonds is 3. The van der Waals surface area contributed by atoms with Crippen molar-refractivity contribution < 1.29 is 14.3 Å². The van der Waals surface area contributed by atoms with Gasteiger partial charge in [-0.2, -0.15) is 5.26 Å². The highest BCUT2D eigenvalue weighted by Crippen LogP contribution is 2.27. The molecule has 0 aliphatic rings. The maximum atomic E-state index is 10.7. The Morgan fingerprint density at radius 2 is 2.17 bits per heavy atom. The third kappa shape index (κ3) is 2.52. The first-order valence-corrected chi connectivity index (χ1v) is 5.69. The molecule has 0 fully saturated rings. The number of aromatic carboxylic acids is 1. The van der Waals surface area contributed by atoms with Crippen LogP contribution in [0.15, 0.2) is 39.2 Å². The summed E-state index contributed by atoms with van der Waals surface area (Å²) < 4.78 is 5.75. The predicted octanol–water partition coefficient (Wildman–Crippen LogP) is 3.36. The molecule has 0 bridgehead atoms. The Morgan fingerprint density at radius 1 is 1.39 bits per heavy atom. The summed E-state index contributed by atoms with van der Waals surface area (Å²) in [6.45, 7) is 0. The second-order valence-electron chi connectivity index (χ2n) is 3.40. The number of benzene rings is 1. The van der Waals surface area contributed by atoms with Gasteiger partial charge in [0.15, 0.2) is 5.88 Å². The molecule has 2 rings (SSSR count). The number of furan rings is 1. The third-order valence-electron chi connectivity index (χ3n) is 2.17. The normalized spacial score (nSPS) is 9.78. The zero-order chi connectivity index (χ0) is 13.1. The number of carbonyl (C=O) groups is 1. The summed E-state index contributed by atoms with van der Waals surface area (Å²) >= 11 is 3.31. The van der Waals surface area contributed by atoms with Crippen molar-refractivity contribution >= 4 is 33.5 Å². The van der Waals surface area contributed by atoms with Crippen molar-refractivity contribution in [2.24, 2.45) is 0 Å². The molecule has 2 N–H and O–H groups in total. The molecule has 0 saturated carbocycles. The molecule has 2 aromatic rings. The molecule has 1 heterocycles. The van der Waals surface area contributed by atoms with Crippen LogP contribution >= 0.6 is 15.9 Å². The van der Waals surface area contributed by atoms with Crippen molar-refractivity contribution in [3.05, 3.63) is 46.1 Å². The molecule has 0 spiro atoms. The number of carboxylic acid groups (broad SMARTS) is 1. The van der Waals surface area contributed by atoms with Crippen molar-refractivity contribution in [3.8, 4) is 6.07 Å². The van der Waals surface area contributed by atoms with Crippen molar-refractivity contribution in [1.29, 1.82) is 5.26 Å². The van der Waals surface area contributed by atoms with Crippen molar-refractivity contribution in [2.45, 2.75) is 0 Å². The lowest BCUT2D eigenvalue weighted by atomic mass is 10.2. The summed E-state index contributed by atoms with van der Waals surface area (Å²) in [5.74, 6) is -0.943. The molecule has 1 aromatic heterocycles. The van der Waals surface area contributed by atoms with Gasteiger partial charge in [0, 0.05) is 10.5 Å². The molecular formula is C12H7BrN2O3. The molecule has 0 radical (unpaired) electrons. The minimum atomic E-state index is -1.12. The lowest BCUT2D eigenvalue weighted by molar-refractivity contribution is 0.0663. The Morgan fingerprint density at radius 3 is 2.72 bits per heavy atom. The van der Waals surface area contributed by atoms with Gasteiger partial charge in [-0.25, -0.2) is 4.79 Å². The number of hydrogen-bond donors (Lipinski definition) is 2. The van der Waals surface area contributed by atoms with E-state index in [4.69, 9.17) is 14.8 Å². The van der Waals surface area contributed by atoms with Crippen LogP contribution in [-0.4, -0.2) is 11.1 Å². The van der Waals surface area contributed by atoms with Crippen LogP contribution in [0.1, 0.15) is 16.1 Å². The average Bonchev–Trinajstić information content (AvgIpc) is 2.80. The molecule has 0 saturated heterocycles. The van der Waals surface area contributed by atoms with Crippen LogP contribution in [0.3, 0.4) is 0 Å². The van der Waals surface area contributed by atoms with Crippen LogP contribution < -0.4 is 5.32 Å². The molecule has 0 amide bonds. The first-order valence-electron chi connectivity index (χ1n) is 4.90. The summed E-state index contributed by atoms with van der Waals surface area (Å²) in [5, 5.41) is 20.4. The molecule has 90 valence electrons. The van der Waals surface area contributed by atoms with Crippen molar-refractivity contribution in [1.82, 2.24) is 0 Å². The summed E-state index contributed by atoms with van der Waals surface area (Å²) in [7, 11) is 0. The minimum absolute atomic E-state index is 0.137. The highest BCUT2D eigenvalue weighted by molar-refractivity contribution is 9.10. The van der Waals surface area contributed by atoms with Crippen molar-refractivity contribution in [2.75, 3.05) is 5.32 Å². The van der Waals surface area contributed by atoms with Gasteiger partial charge < -0.3 is 14.8 Å². The molecule has 0 aliphatic heterocycles. The van der Waals surface area contributed by atoms with Crippen LogP contribution in [0.5, 0.6) is 0 Å². The lowest BCUT2D eigenvalue weighted by Gasteiger charge is -2.05. The number of nitrogens with zero attached hydrogens (tertiary/aromatic N) is 1. The molecule has 0 unspecified atom stereocenters. The zero-order valence-corrected chi connectivity index (χ0v) is 10.6. The number of nitrogens with one attached hydrogen (secondary N) is 1. The van der Waals surface area contributed by atoms with E-state index >= 15 is 0 Å². The molecule has 6 heteroatoms. The maximum absolute atomic E-state index is 10.7. The average molecular weight is 307 g/mol. The Balaban J connectivity index is 2.23. The number of hydrogen-bond acceptors (Lipinski definition) is 4. The topological polar surface area (TPSA) is 86.3 Å². The first-order chi connectivity index (χ1) is 8.60. The van der Waals surface area contributed by atoms with Crippen LogP contribution in [0.2, 0.25) is 0 Å². The summed E-state index contributed by atoms with van der Waals surface area (Å²) in [4.78, 5) is 10.7. The van der Waals surface area contributed by atoms with Crippen LogP contribution in [0.25, 0.3) is 0 Å². The van der Waals surface area contributed by atoms with E-state index in [2.05, 4.69) is 21.2 Å². The highest BCUT2D eigenvalue weighted by Gasteiger charge is 2.10. The maximum Gasteiger partial charge on any atom is 0.371 e. The van der Waals surface area contributed by atoms with Gasteiger partial charge in [-0.3, -0.25) is 0 Å². The van der Waals surface area contributed by atoms with E-state index in [1.165, 1.54) is 12.1 Å². The molecule has 1 aromatic carbocycles. The fourth-order valence-electron chi connectivity index (χ4n) is 1.34. The second-order valence-corrected chi connectivity index (χ2v) is 4.25. The Kier molecular flexibility index (Phi) is 3.35. The highest BCUT2D eigenvalue weighted by atomic mass is 79.9. The SMILES string of the molecule is N#Cc1ccc(Nc2ccc(C(=O)O)o2)c(Br)c1. The van der Waals surface area contributed by atoms with E-state index in [0.29, 0.717) is 21.6 Å². The number of carboxylic acids is 1. The van der Waals surface area contributed by atoms with E-state index in [0.717, 1.165) is 0 Å². The van der Waals surface area contributed by atoms with E-state index in [-0.39, 0.29) is 5.76 Å². The van der Waals surface area contributed by atoms with Gasteiger partial charge in [0.05, 0.1) is 17.3 Å². The summed E-state index contributed by atoms with van der Waals surface area (Å²) in [6.07, 6.45) is 0. The van der Waals surface area contributed by atoms with Gasteiger partial charge in [-0.05, 0) is 40.2 Å². The zero-order valence-electron chi connectivity index (χ0n) is 8.98. The van der Waals surface area contributed by atoms with Gasteiger partial charge in [-0.1, -0.05) is 0 Å². The standard InChI is InChI=1S/C12H7BrN2O3/c13-8-5-7(6-14)1-2-9(8)15-11-4-3-10(18-11)12(16)17/h1-5,15H,(H,16,17). The number of anilines is 2. The fourth-order valence-corrected chi connectivity index (χ4v) is 1.82. The smallest absolute Gasteiger partial charge is 0.371 e. The van der Waals surface area contributed by atoms with Crippen LogP contribution in [0, 0.1) is 11.3 Å². The molecular weight excluding hydrogens is 300 g/mol. The third-order valence-corrected chi connectivity index (χ3v) is 2.83. The first kappa shape index (κ1) is 12.2. The van der Waals surface area contributed by atoms with E-state index in [9.17, 15) is 4.79 Å². The van der Waals surface area contributed by atoms with Gasteiger partial charge >= 0.3 is 5.97 Å². The quantitative estimate of drug-likeness (QED) is 0.908. The van der Waals surface area contributed by atoms with Gasteiger partial charge in [0.25, 0.3) is 0 Å². The summed E-state index contributed by atoms with van der Waals surface area (Å²) in [5.41, 5.74) is 1.21. The van der Waals surface area contributed by atoms with Crippen LogP contribution in [0.4, 0.5) is 11.6 Å². The Hall–Kier alpha value is -2.26. The largest absolute Gasteiger partial charge is 0.475 e. The van der Waals surface area contributed by atoms with Crippen LogP contribution in [-0.2, 0) is 0 Å². The van der Waals surface area contributed by atoms with E-state index in [1.54, 1.807) is 18.2 Å². The predicted molar refractivity (Wildman–Crippen MR) is 67.8 cm³/mol. The van der Waals surface area contributed by atoms with E-state index in [1.807, 2.05) is 6.07 Å². The Bertz CT molecular complexity index is 643. The monoisotopic (exact) mass is 306 g/mol. The van der Waals surface area contributed by atoms with Gasteiger partial charge in [-0.15, -0.1) is 0 Å². The molecule has 0 aliphatic carbocycles. The second kappa shape index (κ2) is 4.94. The molecule has 5 nitrogen and oxygen atoms in total. The lowest BCUT2D eigenvalue weighted by Crippen LogP contribution is -1.93. The van der Waals surface area contributed by atoms with Crippen molar-refractivity contribution in [3.63, 3.8) is 0 Å². The molecule has 0 atom stereocenters.